The van der Waals surface area contributed by atoms with E-state index in [0.29, 0.717) is 24.2 Å². The summed E-state index contributed by atoms with van der Waals surface area (Å²) in [6.07, 6.45) is 0. The second kappa shape index (κ2) is 7.66. The van der Waals surface area contributed by atoms with Crippen molar-refractivity contribution in [3.05, 3.63) is 46.1 Å². The van der Waals surface area contributed by atoms with E-state index in [-0.39, 0.29) is 18.3 Å². The fourth-order valence-electron chi connectivity index (χ4n) is 2.37. The van der Waals surface area contributed by atoms with Crippen LogP contribution in [0.1, 0.15) is 30.0 Å². The molecule has 0 aliphatic rings. The second-order valence-corrected chi connectivity index (χ2v) is 6.55. The number of likely N-dealkylation sites (N-methyl/N-ethyl adjacent to an activating group) is 1. The molecule has 2 aromatic rings. The van der Waals surface area contributed by atoms with E-state index in [0.717, 1.165) is 15.4 Å². The van der Waals surface area contributed by atoms with E-state index in [1.165, 1.54) is 0 Å². The Hall–Kier alpha value is -2.08. The fraction of sp³-hybridized carbons (Fsp3) is 0.333. The van der Waals surface area contributed by atoms with Gasteiger partial charge in [-0.1, -0.05) is 28.1 Å². The summed E-state index contributed by atoms with van der Waals surface area (Å²) in [5.74, 6) is -0.774. The van der Waals surface area contributed by atoms with Crippen LogP contribution in [-0.2, 0) is 9.53 Å². The molecule has 0 fully saturated rings. The van der Waals surface area contributed by atoms with Crippen LogP contribution in [0.2, 0.25) is 0 Å². The zero-order valence-corrected chi connectivity index (χ0v) is 15.6. The summed E-state index contributed by atoms with van der Waals surface area (Å²) in [5.41, 5.74) is 2.17. The molecular formula is C18H20BrNO4. The van der Waals surface area contributed by atoms with Crippen molar-refractivity contribution in [3.8, 4) is 0 Å². The minimum absolute atomic E-state index is 0.124. The normalized spacial score (nSPS) is 10.7. The number of aryl methyl sites for hydroxylation is 1. The van der Waals surface area contributed by atoms with Gasteiger partial charge in [-0.05, 0) is 39.0 Å². The SMILES string of the molecule is C=C(C)CN(CC)C(=O)COC(=O)c1oc2ccc(Br)cc2c1C. The number of furan rings is 1. The number of carbonyl (C=O) groups excluding carboxylic acids is 2. The minimum atomic E-state index is -0.639. The van der Waals surface area contributed by atoms with Crippen LogP contribution in [0.15, 0.2) is 39.2 Å². The van der Waals surface area contributed by atoms with Gasteiger partial charge in [-0.3, -0.25) is 4.79 Å². The third-order valence-electron chi connectivity index (χ3n) is 3.61. The molecule has 1 aromatic carbocycles. The molecule has 2 rings (SSSR count). The summed E-state index contributed by atoms with van der Waals surface area (Å²) in [7, 11) is 0. The number of ether oxygens (including phenoxy) is 1. The lowest BCUT2D eigenvalue weighted by atomic mass is 10.1. The highest BCUT2D eigenvalue weighted by Crippen LogP contribution is 2.28. The van der Waals surface area contributed by atoms with Crippen molar-refractivity contribution in [2.45, 2.75) is 20.8 Å². The Bertz CT molecular complexity index is 794. The van der Waals surface area contributed by atoms with Gasteiger partial charge in [-0.15, -0.1) is 0 Å². The van der Waals surface area contributed by atoms with Crippen LogP contribution in [0.4, 0.5) is 0 Å². The van der Waals surface area contributed by atoms with Gasteiger partial charge in [0.25, 0.3) is 5.91 Å². The summed E-state index contributed by atoms with van der Waals surface area (Å²) in [4.78, 5) is 25.9. The predicted molar refractivity (Wildman–Crippen MR) is 96.0 cm³/mol. The Labute approximate surface area is 149 Å². The Balaban J connectivity index is 2.09. The van der Waals surface area contributed by atoms with Gasteiger partial charge in [0.1, 0.15) is 5.58 Å². The smallest absolute Gasteiger partial charge is 0.375 e. The summed E-state index contributed by atoms with van der Waals surface area (Å²) in [6.45, 7) is 9.95. The maximum absolute atomic E-state index is 12.2. The first kappa shape index (κ1) is 18.3. The van der Waals surface area contributed by atoms with Crippen LogP contribution in [0, 0.1) is 6.92 Å². The highest BCUT2D eigenvalue weighted by atomic mass is 79.9. The lowest BCUT2D eigenvalue weighted by molar-refractivity contribution is -0.134. The first-order valence-corrected chi connectivity index (χ1v) is 8.40. The van der Waals surface area contributed by atoms with Crippen LogP contribution in [0.3, 0.4) is 0 Å². The first-order valence-electron chi connectivity index (χ1n) is 7.61. The molecule has 0 aliphatic heterocycles. The third kappa shape index (κ3) is 4.06. The van der Waals surface area contributed by atoms with E-state index < -0.39 is 5.97 Å². The second-order valence-electron chi connectivity index (χ2n) is 5.64. The van der Waals surface area contributed by atoms with E-state index in [1.807, 2.05) is 26.0 Å². The average Bonchev–Trinajstić information content (AvgIpc) is 2.86. The third-order valence-corrected chi connectivity index (χ3v) is 4.10. The number of benzene rings is 1. The number of nitrogens with zero attached hydrogens (tertiary/aromatic N) is 1. The summed E-state index contributed by atoms with van der Waals surface area (Å²) < 4.78 is 11.6. The monoisotopic (exact) mass is 393 g/mol. The van der Waals surface area contributed by atoms with Gasteiger partial charge in [0, 0.05) is 28.5 Å². The molecule has 1 aromatic heterocycles. The molecule has 1 amide bonds. The molecule has 5 nitrogen and oxygen atoms in total. The van der Waals surface area contributed by atoms with Crippen molar-refractivity contribution < 1.29 is 18.7 Å². The van der Waals surface area contributed by atoms with E-state index in [1.54, 1.807) is 17.9 Å². The zero-order chi connectivity index (χ0) is 17.9. The topological polar surface area (TPSA) is 59.8 Å². The molecule has 0 N–H and O–H groups in total. The van der Waals surface area contributed by atoms with Gasteiger partial charge in [-0.25, -0.2) is 4.79 Å². The molecule has 0 unspecified atom stereocenters. The number of amides is 1. The van der Waals surface area contributed by atoms with Gasteiger partial charge in [0.05, 0.1) is 0 Å². The largest absolute Gasteiger partial charge is 0.450 e. The van der Waals surface area contributed by atoms with Crippen molar-refractivity contribution in [2.24, 2.45) is 0 Å². The van der Waals surface area contributed by atoms with Crippen molar-refractivity contribution in [2.75, 3.05) is 19.7 Å². The van der Waals surface area contributed by atoms with Crippen molar-refractivity contribution >= 4 is 38.8 Å². The first-order chi connectivity index (χ1) is 11.3. The number of fused-ring (bicyclic) bond motifs is 1. The Morgan fingerprint density at radius 3 is 2.71 bits per heavy atom. The maximum Gasteiger partial charge on any atom is 0.375 e. The molecule has 0 saturated heterocycles. The quantitative estimate of drug-likeness (QED) is 0.547. The Kier molecular flexibility index (Phi) is 5.83. The molecule has 0 saturated carbocycles. The molecular weight excluding hydrogens is 374 g/mol. The minimum Gasteiger partial charge on any atom is -0.450 e. The Morgan fingerprint density at radius 1 is 1.38 bits per heavy atom. The van der Waals surface area contributed by atoms with Crippen molar-refractivity contribution in [1.29, 1.82) is 0 Å². The van der Waals surface area contributed by atoms with Gasteiger partial charge in [0.2, 0.25) is 5.76 Å². The predicted octanol–water partition coefficient (Wildman–Crippen LogP) is 4.09. The molecule has 0 radical (unpaired) electrons. The van der Waals surface area contributed by atoms with Gasteiger partial charge < -0.3 is 14.1 Å². The van der Waals surface area contributed by atoms with Gasteiger partial charge in [-0.2, -0.15) is 0 Å². The summed E-state index contributed by atoms with van der Waals surface area (Å²) in [5, 5.41) is 0.833. The maximum atomic E-state index is 12.2. The highest BCUT2D eigenvalue weighted by Gasteiger charge is 2.21. The molecule has 24 heavy (non-hydrogen) atoms. The molecule has 1 heterocycles. The highest BCUT2D eigenvalue weighted by molar-refractivity contribution is 9.10. The van der Waals surface area contributed by atoms with E-state index >= 15 is 0 Å². The molecule has 0 spiro atoms. The van der Waals surface area contributed by atoms with Crippen molar-refractivity contribution in [1.82, 2.24) is 4.90 Å². The van der Waals surface area contributed by atoms with Crippen LogP contribution >= 0.6 is 15.9 Å². The number of halogens is 1. The van der Waals surface area contributed by atoms with Crippen LogP contribution in [0.25, 0.3) is 11.0 Å². The fourth-order valence-corrected chi connectivity index (χ4v) is 2.74. The standard InChI is InChI=1S/C18H20BrNO4/c1-5-20(9-11(2)3)16(21)10-23-18(22)17-12(4)14-8-13(19)6-7-15(14)24-17/h6-8H,2,5,9-10H2,1,3-4H3. The van der Waals surface area contributed by atoms with Crippen LogP contribution < -0.4 is 0 Å². The van der Waals surface area contributed by atoms with E-state index in [4.69, 9.17) is 9.15 Å². The lowest BCUT2D eigenvalue weighted by Gasteiger charge is -2.20. The average molecular weight is 394 g/mol. The van der Waals surface area contributed by atoms with Gasteiger partial charge in [0.15, 0.2) is 6.61 Å². The molecule has 0 bridgehead atoms. The summed E-state index contributed by atoms with van der Waals surface area (Å²) >= 11 is 3.39. The Morgan fingerprint density at radius 2 is 2.08 bits per heavy atom. The van der Waals surface area contributed by atoms with Crippen molar-refractivity contribution in [3.63, 3.8) is 0 Å². The number of carbonyl (C=O) groups is 2. The number of hydrogen-bond acceptors (Lipinski definition) is 4. The number of esters is 1. The number of rotatable bonds is 6. The molecule has 6 heteroatoms. The van der Waals surface area contributed by atoms with E-state index in [2.05, 4.69) is 22.5 Å². The van der Waals surface area contributed by atoms with Gasteiger partial charge >= 0.3 is 5.97 Å². The van der Waals surface area contributed by atoms with Crippen LogP contribution in [-0.4, -0.2) is 36.5 Å². The molecule has 0 aliphatic carbocycles. The lowest BCUT2D eigenvalue weighted by Crippen LogP contribution is -2.35. The zero-order valence-electron chi connectivity index (χ0n) is 14.0. The van der Waals surface area contributed by atoms with Crippen LogP contribution in [0.5, 0.6) is 0 Å². The molecule has 0 atom stereocenters. The molecule has 128 valence electrons. The summed E-state index contributed by atoms with van der Waals surface area (Å²) in [6, 6.07) is 5.49. The number of hydrogen-bond donors (Lipinski definition) is 0. The van der Waals surface area contributed by atoms with E-state index in [9.17, 15) is 9.59 Å².